The third-order valence-corrected chi connectivity index (χ3v) is 4.21. The summed E-state index contributed by atoms with van der Waals surface area (Å²) in [6.45, 7) is 5.23. The molecule has 4 nitrogen and oxygen atoms in total. The summed E-state index contributed by atoms with van der Waals surface area (Å²) in [5.74, 6) is 3.17. The lowest BCUT2D eigenvalue weighted by atomic mass is 10.1. The van der Waals surface area contributed by atoms with Crippen LogP contribution in [0.1, 0.15) is 30.9 Å². The highest BCUT2D eigenvalue weighted by Crippen LogP contribution is 2.37. The largest absolute Gasteiger partial charge is 0.355 e. The van der Waals surface area contributed by atoms with Gasteiger partial charge in [-0.25, -0.2) is 0 Å². The Kier molecular flexibility index (Phi) is 5.81. The Bertz CT molecular complexity index is 601. The Morgan fingerprint density at radius 3 is 2.57 bits per heavy atom. The van der Waals surface area contributed by atoms with Crippen LogP contribution in [0.5, 0.6) is 0 Å². The zero-order chi connectivity index (χ0) is 16.8. The van der Waals surface area contributed by atoms with E-state index in [2.05, 4.69) is 18.2 Å². The highest BCUT2D eigenvalue weighted by molar-refractivity contribution is 5.82. The van der Waals surface area contributed by atoms with E-state index in [1.807, 2.05) is 31.2 Å². The number of amides is 2. The molecule has 1 aliphatic carbocycles. The molecule has 4 heteroatoms. The van der Waals surface area contributed by atoms with E-state index in [1.54, 1.807) is 4.90 Å². The van der Waals surface area contributed by atoms with Crippen LogP contribution in [0.3, 0.4) is 0 Å². The zero-order valence-electron chi connectivity index (χ0n) is 13.8. The molecule has 2 atom stereocenters. The van der Waals surface area contributed by atoms with Crippen molar-refractivity contribution in [1.82, 2.24) is 10.2 Å². The van der Waals surface area contributed by atoms with Gasteiger partial charge in [0.1, 0.15) is 0 Å². The molecule has 23 heavy (non-hydrogen) atoms. The second-order valence-corrected chi connectivity index (χ2v) is 6.30. The Balaban J connectivity index is 1.81. The molecule has 1 N–H and O–H groups in total. The molecule has 0 aliphatic heterocycles. The minimum Gasteiger partial charge on any atom is -0.355 e. The lowest BCUT2D eigenvalue weighted by Crippen LogP contribution is -2.35. The van der Waals surface area contributed by atoms with Crippen LogP contribution in [-0.4, -0.2) is 29.8 Å². The topological polar surface area (TPSA) is 49.4 Å². The predicted octanol–water partition coefficient (Wildman–Crippen LogP) is 2.12. The third-order valence-electron chi connectivity index (χ3n) is 4.21. The summed E-state index contributed by atoms with van der Waals surface area (Å²) in [7, 11) is 0. The second-order valence-electron chi connectivity index (χ2n) is 6.30. The van der Waals surface area contributed by atoms with Gasteiger partial charge in [0.2, 0.25) is 11.8 Å². The van der Waals surface area contributed by atoms with Crippen LogP contribution in [0, 0.1) is 31.1 Å². The molecular formula is C19H24N2O2. The summed E-state index contributed by atoms with van der Waals surface area (Å²) >= 11 is 0. The maximum atomic E-state index is 12.3. The van der Waals surface area contributed by atoms with Crippen molar-refractivity contribution in [3.8, 4) is 12.3 Å². The fraction of sp³-hybridized carbons (Fsp3) is 0.474. The average molecular weight is 312 g/mol. The van der Waals surface area contributed by atoms with Gasteiger partial charge in [-0.1, -0.05) is 42.7 Å². The number of benzene rings is 1. The SMILES string of the molecule is C#CCN(Cc1ccc(C)cc1)C(=O)CCNC(=O)C1CC1C. The van der Waals surface area contributed by atoms with E-state index in [0.717, 1.165) is 12.0 Å². The summed E-state index contributed by atoms with van der Waals surface area (Å²) in [6, 6.07) is 8.04. The van der Waals surface area contributed by atoms with Gasteiger partial charge in [-0.2, -0.15) is 0 Å². The van der Waals surface area contributed by atoms with Crippen LogP contribution in [0.15, 0.2) is 24.3 Å². The molecule has 1 saturated carbocycles. The Labute approximate surface area is 138 Å². The fourth-order valence-electron chi connectivity index (χ4n) is 2.53. The summed E-state index contributed by atoms with van der Waals surface area (Å²) in [5, 5.41) is 2.84. The number of carbonyl (C=O) groups is 2. The summed E-state index contributed by atoms with van der Waals surface area (Å²) < 4.78 is 0. The number of nitrogens with one attached hydrogen (secondary N) is 1. The first kappa shape index (κ1) is 17.1. The molecule has 2 unspecified atom stereocenters. The maximum absolute atomic E-state index is 12.3. The van der Waals surface area contributed by atoms with E-state index in [9.17, 15) is 9.59 Å². The van der Waals surface area contributed by atoms with E-state index in [1.165, 1.54) is 5.56 Å². The number of nitrogens with zero attached hydrogens (tertiary/aromatic N) is 1. The molecule has 2 amide bonds. The number of terminal acetylenes is 1. The molecule has 0 radical (unpaired) electrons. The lowest BCUT2D eigenvalue weighted by molar-refractivity contribution is -0.131. The number of hydrogen-bond acceptors (Lipinski definition) is 2. The Hall–Kier alpha value is -2.28. The first-order valence-electron chi connectivity index (χ1n) is 8.05. The first-order valence-corrected chi connectivity index (χ1v) is 8.05. The molecule has 1 aromatic rings. The van der Waals surface area contributed by atoms with Crippen molar-refractivity contribution in [2.75, 3.05) is 13.1 Å². The number of aryl methyl sites for hydroxylation is 1. The monoisotopic (exact) mass is 312 g/mol. The standard InChI is InChI=1S/C19H24N2O2/c1-4-11-21(13-16-7-5-14(2)6-8-16)18(22)9-10-20-19(23)17-12-15(17)3/h1,5-8,15,17H,9-13H2,2-3H3,(H,20,23). The van der Waals surface area contributed by atoms with E-state index in [0.29, 0.717) is 19.0 Å². The number of carbonyl (C=O) groups excluding carboxylic acids is 2. The summed E-state index contributed by atoms with van der Waals surface area (Å²) in [4.78, 5) is 25.7. The van der Waals surface area contributed by atoms with E-state index in [4.69, 9.17) is 6.42 Å². The molecule has 0 spiro atoms. The van der Waals surface area contributed by atoms with Gasteiger partial charge < -0.3 is 10.2 Å². The fourth-order valence-corrected chi connectivity index (χ4v) is 2.53. The van der Waals surface area contributed by atoms with Crippen LogP contribution < -0.4 is 5.32 Å². The molecule has 0 heterocycles. The minimum absolute atomic E-state index is 0.0346. The molecular weight excluding hydrogens is 288 g/mol. The van der Waals surface area contributed by atoms with Crippen molar-refractivity contribution in [1.29, 1.82) is 0 Å². The van der Waals surface area contributed by atoms with Crippen molar-refractivity contribution < 1.29 is 9.59 Å². The minimum atomic E-state index is -0.0346. The van der Waals surface area contributed by atoms with Gasteiger partial charge in [0, 0.05) is 25.4 Å². The van der Waals surface area contributed by atoms with Crippen molar-refractivity contribution in [2.45, 2.75) is 33.2 Å². The highest BCUT2D eigenvalue weighted by Gasteiger charge is 2.38. The van der Waals surface area contributed by atoms with E-state index < -0.39 is 0 Å². The predicted molar refractivity (Wildman–Crippen MR) is 90.3 cm³/mol. The molecule has 1 aliphatic rings. The molecule has 0 aromatic heterocycles. The maximum Gasteiger partial charge on any atom is 0.225 e. The number of rotatable bonds is 7. The van der Waals surface area contributed by atoms with E-state index in [-0.39, 0.29) is 30.7 Å². The zero-order valence-corrected chi connectivity index (χ0v) is 13.8. The molecule has 0 saturated heterocycles. The molecule has 2 rings (SSSR count). The summed E-state index contributed by atoms with van der Waals surface area (Å²) in [5.41, 5.74) is 2.23. The van der Waals surface area contributed by atoms with Crippen molar-refractivity contribution in [3.63, 3.8) is 0 Å². The van der Waals surface area contributed by atoms with Gasteiger partial charge in [0.15, 0.2) is 0 Å². The molecule has 0 bridgehead atoms. The quantitative estimate of drug-likeness (QED) is 0.784. The van der Waals surface area contributed by atoms with Gasteiger partial charge in [-0.05, 0) is 24.8 Å². The van der Waals surface area contributed by atoms with Crippen LogP contribution >= 0.6 is 0 Å². The highest BCUT2D eigenvalue weighted by atomic mass is 16.2. The lowest BCUT2D eigenvalue weighted by Gasteiger charge is -2.20. The van der Waals surface area contributed by atoms with Crippen molar-refractivity contribution in [2.24, 2.45) is 11.8 Å². The smallest absolute Gasteiger partial charge is 0.225 e. The Morgan fingerprint density at radius 1 is 1.35 bits per heavy atom. The average Bonchev–Trinajstić information content (AvgIpc) is 3.26. The van der Waals surface area contributed by atoms with E-state index >= 15 is 0 Å². The van der Waals surface area contributed by atoms with Gasteiger partial charge in [-0.15, -0.1) is 6.42 Å². The van der Waals surface area contributed by atoms with Gasteiger partial charge >= 0.3 is 0 Å². The number of hydrogen-bond donors (Lipinski definition) is 1. The second kappa shape index (κ2) is 7.82. The van der Waals surface area contributed by atoms with Gasteiger partial charge in [-0.3, -0.25) is 9.59 Å². The van der Waals surface area contributed by atoms with Gasteiger partial charge in [0.25, 0.3) is 0 Å². The molecule has 1 aromatic carbocycles. The normalized spacial score (nSPS) is 18.8. The van der Waals surface area contributed by atoms with Crippen molar-refractivity contribution in [3.05, 3.63) is 35.4 Å². The van der Waals surface area contributed by atoms with Crippen LogP contribution in [0.25, 0.3) is 0 Å². The van der Waals surface area contributed by atoms with Crippen LogP contribution in [0.4, 0.5) is 0 Å². The summed E-state index contributed by atoms with van der Waals surface area (Å²) in [6.07, 6.45) is 6.60. The first-order chi connectivity index (χ1) is 11.0. The molecule has 122 valence electrons. The van der Waals surface area contributed by atoms with Gasteiger partial charge in [0.05, 0.1) is 6.54 Å². The molecule has 1 fully saturated rings. The van der Waals surface area contributed by atoms with Crippen LogP contribution in [0.2, 0.25) is 0 Å². The van der Waals surface area contributed by atoms with Crippen molar-refractivity contribution >= 4 is 11.8 Å². The van der Waals surface area contributed by atoms with Crippen LogP contribution in [-0.2, 0) is 16.1 Å². The third kappa shape index (κ3) is 5.14. The Morgan fingerprint density at radius 2 is 2.00 bits per heavy atom.